The van der Waals surface area contributed by atoms with Crippen molar-refractivity contribution in [2.45, 2.75) is 19.8 Å². The third-order valence-electron chi connectivity index (χ3n) is 3.84. The number of anilines is 1. The van der Waals surface area contributed by atoms with Gasteiger partial charge in [-0.1, -0.05) is 0 Å². The second-order valence-corrected chi connectivity index (χ2v) is 6.24. The van der Waals surface area contributed by atoms with E-state index in [0.29, 0.717) is 4.88 Å². The highest BCUT2D eigenvalue weighted by atomic mass is 32.1. The van der Waals surface area contributed by atoms with Crippen molar-refractivity contribution in [1.29, 1.82) is 0 Å². The van der Waals surface area contributed by atoms with Gasteiger partial charge >= 0.3 is 5.97 Å². The molecule has 6 nitrogen and oxygen atoms in total. The lowest BCUT2D eigenvalue weighted by atomic mass is 10.2. The maximum absolute atomic E-state index is 11.2. The molecule has 2 N–H and O–H groups in total. The number of aryl methyl sites for hydroxylation is 1. The zero-order valence-electron chi connectivity index (χ0n) is 11.9. The number of nitrogens with one attached hydrogen (secondary N) is 1. The predicted molar refractivity (Wildman–Crippen MR) is 83.3 cm³/mol. The first-order valence-corrected chi connectivity index (χ1v) is 7.92. The smallest absolute Gasteiger partial charge is 0.346 e. The van der Waals surface area contributed by atoms with Gasteiger partial charge in [-0.05, 0) is 38.4 Å². The maximum Gasteiger partial charge on any atom is 0.346 e. The fourth-order valence-electron chi connectivity index (χ4n) is 2.75. The lowest BCUT2D eigenvalue weighted by molar-refractivity contribution is 0.0701. The first-order chi connectivity index (χ1) is 10.2. The Bertz CT molecular complexity index is 664. The van der Waals surface area contributed by atoms with E-state index in [2.05, 4.69) is 20.2 Å². The molecule has 0 amide bonds. The Morgan fingerprint density at radius 1 is 1.43 bits per heavy atom. The number of hydrogen-bond donors (Lipinski definition) is 2. The van der Waals surface area contributed by atoms with Gasteiger partial charge in [-0.25, -0.2) is 14.8 Å². The van der Waals surface area contributed by atoms with Crippen molar-refractivity contribution < 1.29 is 9.90 Å². The van der Waals surface area contributed by atoms with Crippen molar-refractivity contribution >= 4 is 33.3 Å². The number of carboxylic acids is 1. The van der Waals surface area contributed by atoms with E-state index < -0.39 is 5.97 Å². The van der Waals surface area contributed by atoms with Crippen LogP contribution in [-0.4, -0.2) is 52.1 Å². The lowest BCUT2D eigenvalue weighted by Crippen LogP contribution is -2.26. The number of carboxylic acid groups (broad SMARTS) is 1. The molecule has 0 unspecified atom stereocenters. The summed E-state index contributed by atoms with van der Waals surface area (Å²) in [5.74, 6) is -0.168. The topological polar surface area (TPSA) is 78.3 Å². The molecule has 0 radical (unpaired) electrons. The third-order valence-corrected chi connectivity index (χ3v) is 5.03. The maximum atomic E-state index is 11.2. The van der Waals surface area contributed by atoms with E-state index in [1.165, 1.54) is 43.6 Å². The quantitative estimate of drug-likeness (QED) is 0.882. The van der Waals surface area contributed by atoms with Gasteiger partial charge < -0.3 is 15.3 Å². The molecule has 1 saturated heterocycles. The van der Waals surface area contributed by atoms with E-state index in [4.69, 9.17) is 0 Å². The van der Waals surface area contributed by atoms with Crippen LogP contribution in [0, 0.1) is 6.92 Å². The molecule has 0 aliphatic carbocycles. The summed E-state index contributed by atoms with van der Waals surface area (Å²) < 4.78 is 0. The minimum atomic E-state index is -0.904. The number of rotatable bonds is 5. The standard InChI is InChI=1S/C14H18N4O2S/c1-9-10-12(15-4-7-18-5-2-3-6-18)16-8-17-13(10)21-11(9)14(19)20/h8H,2-7H2,1H3,(H,19,20)(H,15,16,17). The van der Waals surface area contributed by atoms with Crippen LogP contribution in [0.25, 0.3) is 10.2 Å². The van der Waals surface area contributed by atoms with Crippen molar-refractivity contribution in [3.05, 3.63) is 16.8 Å². The van der Waals surface area contributed by atoms with E-state index >= 15 is 0 Å². The monoisotopic (exact) mass is 306 g/mol. The van der Waals surface area contributed by atoms with Crippen LogP contribution in [0.3, 0.4) is 0 Å². The van der Waals surface area contributed by atoms with E-state index in [0.717, 1.165) is 34.7 Å². The number of nitrogens with zero attached hydrogens (tertiary/aromatic N) is 3. The Morgan fingerprint density at radius 2 is 2.19 bits per heavy atom. The van der Waals surface area contributed by atoms with Gasteiger partial charge in [0.1, 0.15) is 21.9 Å². The number of likely N-dealkylation sites (tertiary alicyclic amines) is 1. The summed E-state index contributed by atoms with van der Waals surface area (Å²) >= 11 is 1.20. The Balaban J connectivity index is 1.79. The van der Waals surface area contributed by atoms with Crippen LogP contribution in [0.2, 0.25) is 0 Å². The molecule has 21 heavy (non-hydrogen) atoms. The highest BCUT2D eigenvalue weighted by molar-refractivity contribution is 7.20. The van der Waals surface area contributed by atoms with Gasteiger partial charge in [-0.15, -0.1) is 11.3 Å². The number of thiophene rings is 1. The van der Waals surface area contributed by atoms with Crippen LogP contribution < -0.4 is 5.32 Å². The van der Waals surface area contributed by atoms with Gasteiger partial charge in [0.2, 0.25) is 0 Å². The van der Waals surface area contributed by atoms with Crippen LogP contribution in [0.4, 0.5) is 5.82 Å². The molecule has 1 aliphatic heterocycles. The minimum Gasteiger partial charge on any atom is -0.477 e. The molecule has 0 spiro atoms. The molecule has 1 fully saturated rings. The van der Waals surface area contributed by atoms with Crippen LogP contribution in [0.1, 0.15) is 28.1 Å². The van der Waals surface area contributed by atoms with Gasteiger partial charge in [0.15, 0.2) is 0 Å². The van der Waals surface area contributed by atoms with E-state index in [9.17, 15) is 9.90 Å². The Labute approximate surface area is 126 Å². The Morgan fingerprint density at radius 3 is 2.90 bits per heavy atom. The fraction of sp³-hybridized carbons (Fsp3) is 0.500. The van der Waals surface area contributed by atoms with Gasteiger partial charge in [0.05, 0.1) is 5.39 Å². The molecular formula is C14H18N4O2S. The highest BCUT2D eigenvalue weighted by Crippen LogP contribution is 2.33. The first-order valence-electron chi connectivity index (χ1n) is 7.10. The molecule has 0 bridgehead atoms. The number of fused-ring (bicyclic) bond motifs is 1. The molecular weight excluding hydrogens is 288 g/mol. The predicted octanol–water partition coefficient (Wildman–Crippen LogP) is 2.21. The Kier molecular flexibility index (Phi) is 4.03. The summed E-state index contributed by atoms with van der Waals surface area (Å²) in [6.07, 6.45) is 4.05. The van der Waals surface area contributed by atoms with Gasteiger partial charge in [-0.2, -0.15) is 0 Å². The second kappa shape index (κ2) is 5.95. The van der Waals surface area contributed by atoms with Crippen molar-refractivity contribution in [3.63, 3.8) is 0 Å². The number of aromatic nitrogens is 2. The summed E-state index contributed by atoms with van der Waals surface area (Å²) in [6, 6.07) is 0. The summed E-state index contributed by atoms with van der Waals surface area (Å²) in [4.78, 5) is 23.2. The molecule has 2 aromatic rings. The molecule has 112 valence electrons. The van der Waals surface area contributed by atoms with Gasteiger partial charge in [0, 0.05) is 13.1 Å². The molecule has 2 aromatic heterocycles. The van der Waals surface area contributed by atoms with E-state index in [1.807, 2.05) is 6.92 Å². The average molecular weight is 306 g/mol. The van der Waals surface area contributed by atoms with Gasteiger partial charge in [0.25, 0.3) is 0 Å². The largest absolute Gasteiger partial charge is 0.477 e. The molecule has 3 rings (SSSR count). The van der Waals surface area contributed by atoms with Crippen LogP contribution in [0.5, 0.6) is 0 Å². The average Bonchev–Trinajstić information content (AvgIpc) is 3.07. The normalized spacial score (nSPS) is 15.7. The highest BCUT2D eigenvalue weighted by Gasteiger charge is 2.18. The van der Waals surface area contributed by atoms with Crippen molar-refractivity contribution in [2.75, 3.05) is 31.5 Å². The summed E-state index contributed by atoms with van der Waals surface area (Å²) in [7, 11) is 0. The van der Waals surface area contributed by atoms with E-state index in [-0.39, 0.29) is 0 Å². The number of aromatic carboxylic acids is 1. The zero-order chi connectivity index (χ0) is 14.8. The van der Waals surface area contributed by atoms with Crippen molar-refractivity contribution in [3.8, 4) is 0 Å². The van der Waals surface area contributed by atoms with Crippen LogP contribution in [-0.2, 0) is 0 Å². The molecule has 0 atom stereocenters. The van der Waals surface area contributed by atoms with Crippen molar-refractivity contribution in [1.82, 2.24) is 14.9 Å². The third kappa shape index (κ3) is 2.84. The molecule has 1 aliphatic rings. The molecule has 7 heteroatoms. The zero-order valence-corrected chi connectivity index (χ0v) is 12.7. The van der Waals surface area contributed by atoms with Crippen LogP contribution in [0.15, 0.2) is 6.33 Å². The summed E-state index contributed by atoms with van der Waals surface area (Å²) in [5.41, 5.74) is 0.742. The summed E-state index contributed by atoms with van der Waals surface area (Å²) in [5, 5.41) is 13.4. The fourth-order valence-corrected chi connectivity index (χ4v) is 3.74. The van der Waals surface area contributed by atoms with E-state index in [1.54, 1.807) is 0 Å². The first kappa shape index (κ1) is 14.2. The minimum absolute atomic E-state index is 0.341. The molecule has 0 saturated carbocycles. The summed E-state index contributed by atoms with van der Waals surface area (Å²) in [6.45, 7) is 5.95. The van der Waals surface area contributed by atoms with Gasteiger partial charge in [-0.3, -0.25) is 0 Å². The Hall–Kier alpha value is -1.73. The second-order valence-electron chi connectivity index (χ2n) is 5.24. The molecule has 3 heterocycles. The SMILES string of the molecule is Cc1c(C(=O)O)sc2ncnc(NCCN3CCCC3)c12. The van der Waals surface area contributed by atoms with Crippen molar-refractivity contribution in [2.24, 2.45) is 0 Å². The molecule has 0 aromatic carbocycles. The lowest BCUT2D eigenvalue weighted by Gasteiger charge is -2.15. The number of carbonyl (C=O) groups is 1. The van der Waals surface area contributed by atoms with Crippen LogP contribution >= 0.6 is 11.3 Å². The number of hydrogen-bond acceptors (Lipinski definition) is 6.